The SMILES string of the molecule is CCC#CC(C)C(C)c1c(F)cccc1F. The van der Waals surface area contributed by atoms with Gasteiger partial charge in [-0.05, 0) is 12.1 Å². The van der Waals surface area contributed by atoms with Gasteiger partial charge in [0, 0.05) is 23.8 Å². The van der Waals surface area contributed by atoms with Crippen molar-refractivity contribution in [2.45, 2.75) is 33.1 Å². The van der Waals surface area contributed by atoms with Gasteiger partial charge in [-0.3, -0.25) is 0 Å². The summed E-state index contributed by atoms with van der Waals surface area (Å²) in [4.78, 5) is 0. The van der Waals surface area contributed by atoms with Crippen LogP contribution in [0.2, 0.25) is 0 Å². The number of hydrogen-bond acceptors (Lipinski definition) is 0. The molecule has 0 N–H and O–H groups in total. The predicted octanol–water partition coefficient (Wildman–Crippen LogP) is 4.12. The molecule has 0 heterocycles. The molecule has 0 saturated carbocycles. The molecule has 2 unspecified atom stereocenters. The molecule has 0 amide bonds. The zero-order chi connectivity index (χ0) is 12.1. The minimum atomic E-state index is -0.488. The van der Waals surface area contributed by atoms with Gasteiger partial charge in [0.15, 0.2) is 0 Å². The summed E-state index contributed by atoms with van der Waals surface area (Å²) in [5.74, 6) is 4.68. The highest BCUT2D eigenvalue weighted by molar-refractivity contribution is 5.26. The Kier molecular flexibility index (Phi) is 4.49. The van der Waals surface area contributed by atoms with E-state index in [-0.39, 0.29) is 17.4 Å². The Bertz CT molecular complexity index is 392. The molecule has 2 heteroatoms. The van der Waals surface area contributed by atoms with E-state index in [9.17, 15) is 8.78 Å². The molecule has 1 aromatic carbocycles. The van der Waals surface area contributed by atoms with Crippen LogP contribution in [0, 0.1) is 29.4 Å². The molecule has 1 rings (SSSR count). The maximum absolute atomic E-state index is 13.5. The molecule has 0 bridgehead atoms. The van der Waals surface area contributed by atoms with Gasteiger partial charge in [0.05, 0.1) is 0 Å². The van der Waals surface area contributed by atoms with Gasteiger partial charge < -0.3 is 0 Å². The molecule has 0 aliphatic rings. The van der Waals surface area contributed by atoms with E-state index in [1.807, 2.05) is 13.8 Å². The highest BCUT2D eigenvalue weighted by Gasteiger charge is 2.19. The first-order valence-corrected chi connectivity index (χ1v) is 5.50. The molecular weight excluding hydrogens is 206 g/mol. The summed E-state index contributed by atoms with van der Waals surface area (Å²) in [6.45, 7) is 5.64. The van der Waals surface area contributed by atoms with Gasteiger partial charge in [0.1, 0.15) is 11.6 Å². The van der Waals surface area contributed by atoms with Gasteiger partial charge in [-0.1, -0.05) is 32.8 Å². The fraction of sp³-hybridized carbons (Fsp3) is 0.429. The standard InChI is InChI=1S/C14H16F2/c1-4-5-7-10(2)11(3)14-12(15)8-6-9-13(14)16/h6,8-11H,4H2,1-3H3. The Balaban J connectivity index is 3.00. The molecule has 0 aromatic heterocycles. The summed E-state index contributed by atoms with van der Waals surface area (Å²) in [6, 6.07) is 3.95. The van der Waals surface area contributed by atoms with Crippen molar-refractivity contribution in [3.05, 3.63) is 35.4 Å². The van der Waals surface area contributed by atoms with Gasteiger partial charge in [0.2, 0.25) is 0 Å². The Morgan fingerprint density at radius 2 is 1.75 bits per heavy atom. The van der Waals surface area contributed by atoms with Gasteiger partial charge in [-0.25, -0.2) is 8.78 Å². The van der Waals surface area contributed by atoms with E-state index in [1.165, 1.54) is 18.2 Å². The van der Waals surface area contributed by atoms with E-state index in [0.29, 0.717) is 0 Å². The van der Waals surface area contributed by atoms with Crippen LogP contribution in [0.4, 0.5) is 8.78 Å². The largest absolute Gasteiger partial charge is 0.207 e. The minimum absolute atomic E-state index is 0.0497. The molecule has 86 valence electrons. The van der Waals surface area contributed by atoms with Crippen molar-refractivity contribution in [2.24, 2.45) is 5.92 Å². The summed E-state index contributed by atoms with van der Waals surface area (Å²) in [6.07, 6.45) is 0.761. The molecular formula is C14H16F2. The van der Waals surface area contributed by atoms with E-state index in [2.05, 4.69) is 11.8 Å². The average molecular weight is 222 g/mol. The summed E-state index contributed by atoms with van der Waals surface area (Å²) < 4.78 is 27.0. The number of benzene rings is 1. The lowest BCUT2D eigenvalue weighted by Gasteiger charge is -2.16. The van der Waals surface area contributed by atoms with Crippen LogP contribution in [0.1, 0.15) is 38.7 Å². The third-order valence-electron chi connectivity index (χ3n) is 2.71. The van der Waals surface area contributed by atoms with E-state index >= 15 is 0 Å². The Hall–Kier alpha value is -1.36. The maximum Gasteiger partial charge on any atom is 0.129 e. The van der Waals surface area contributed by atoms with Gasteiger partial charge >= 0.3 is 0 Å². The average Bonchev–Trinajstić information content (AvgIpc) is 2.25. The predicted molar refractivity (Wildman–Crippen MR) is 62.0 cm³/mol. The highest BCUT2D eigenvalue weighted by atomic mass is 19.1. The molecule has 0 saturated heterocycles. The Morgan fingerprint density at radius 1 is 1.19 bits per heavy atom. The zero-order valence-electron chi connectivity index (χ0n) is 9.85. The number of rotatable bonds is 2. The van der Waals surface area contributed by atoms with E-state index in [4.69, 9.17) is 0 Å². The third-order valence-corrected chi connectivity index (χ3v) is 2.71. The second kappa shape index (κ2) is 5.65. The van der Waals surface area contributed by atoms with Crippen LogP contribution < -0.4 is 0 Å². The normalized spacial score (nSPS) is 13.8. The summed E-state index contributed by atoms with van der Waals surface area (Å²) in [7, 11) is 0. The van der Waals surface area contributed by atoms with Crippen molar-refractivity contribution in [1.82, 2.24) is 0 Å². The van der Waals surface area contributed by atoms with Crippen molar-refractivity contribution in [2.75, 3.05) is 0 Å². The second-order valence-corrected chi connectivity index (χ2v) is 3.89. The van der Waals surface area contributed by atoms with Gasteiger partial charge in [-0.15, -0.1) is 5.92 Å². The van der Waals surface area contributed by atoms with Crippen LogP contribution in [0.3, 0.4) is 0 Å². The van der Waals surface area contributed by atoms with E-state index in [1.54, 1.807) is 6.92 Å². The van der Waals surface area contributed by atoms with E-state index < -0.39 is 11.6 Å². The smallest absolute Gasteiger partial charge is 0.129 e. The molecule has 0 nitrogen and oxygen atoms in total. The van der Waals surface area contributed by atoms with Gasteiger partial charge in [-0.2, -0.15) is 0 Å². The van der Waals surface area contributed by atoms with Crippen LogP contribution in [-0.2, 0) is 0 Å². The molecule has 0 fully saturated rings. The van der Waals surface area contributed by atoms with Crippen molar-refractivity contribution in [3.63, 3.8) is 0 Å². The van der Waals surface area contributed by atoms with Gasteiger partial charge in [0.25, 0.3) is 0 Å². The molecule has 16 heavy (non-hydrogen) atoms. The molecule has 1 aromatic rings. The lowest BCUT2D eigenvalue weighted by molar-refractivity contribution is 0.499. The van der Waals surface area contributed by atoms with Crippen LogP contribution in [0.15, 0.2) is 18.2 Å². The first-order chi connectivity index (χ1) is 7.57. The highest BCUT2D eigenvalue weighted by Crippen LogP contribution is 2.28. The lowest BCUT2D eigenvalue weighted by atomic mass is 9.88. The van der Waals surface area contributed by atoms with Crippen molar-refractivity contribution in [1.29, 1.82) is 0 Å². The maximum atomic E-state index is 13.5. The zero-order valence-corrected chi connectivity index (χ0v) is 9.85. The monoisotopic (exact) mass is 222 g/mol. The minimum Gasteiger partial charge on any atom is -0.207 e. The van der Waals surface area contributed by atoms with Crippen LogP contribution in [-0.4, -0.2) is 0 Å². The molecule has 0 spiro atoms. The molecule has 2 atom stereocenters. The summed E-state index contributed by atoms with van der Waals surface area (Å²) >= 11 is 0. The topological polar surface area (TPSA) is 0 Å². The quantitative estimate of drug-likeness (QED) is 0.660. The van der Waals surface area contributed by atoms with E-state index in [0.717, 1.165) is 6.42 Å². The first kappa shape index (κ1) is 12.7. The van der Waals surface area contributed by atoms with Crippen molar-refractivity contribution < 1.29 is 8.78 Å². The lowest BCUT2D eigenvalue weighted by Crippen LogP contribution is -2.08. The van der Waals surface area contributed by atoms with Crippen molar-refractivity contribution in [3.8, 4) is 11.8 Å². The first-order valence-electron chi connectivity index (χ1n) is 5.50. The fourth-order valence-corrected chi connectivity index (χ4v) is 1.58. The molecule has 0 aliphatic heterocycles. The van der Waals surface area contributed by atoms with Crippen LogP contribution in [0.5, 0.6) is 0 Å². The second-order valence-electron chi connectivity index (χ2n) is 3.89. The summed E-state index contributed by atoms with van der Waals surface area (Å²) in [5, 5.41) is 0. The Labute approximate surface area is 95.7 Å². The number of halogens is 2. The Morgan fingerprint density at radius 3 is 2.25 bits per heavy atom. The number of hydrogen-bond donors (Lipinski definition) is 0. The molecule has 0 radical (unpaired) electrons. The van der Waals surface area contributed by atoms with Crippen molar-refractivity contribution >= 4 is 0 Å². The van der Waals surface area contributed by atoms with Crippen LogP contribution in [0.25, 0.3) is 0 Å². The third kappa shape index (κ3) is 2.82. The molecule has 0 aliphatic carbocycles. The fourth-order valence-electron chi connectivity index (χ4n) is 1.58. The summed E-state index contributed by atoms with van der Waals surface area (Å²) in [5.41, 5.74) is 0.139. The van der Waals surface area contributed by atoms with Crippen LogP contribution >= 0.6 is 0 Å².